The number of aromatic nitrogens is 1. The molecule has 0 saturated heterocycles. The zero-order valence-corrected chi connectivity index (χ0v) is 12.7. The summed E-state index contributed by atoms with van der Waals surface area (Å²) in [4.78, 5) is 18.4. The first-order valence-corrected chi connectivity index (χ1v) is 7.46. The van der Waals surface area contributed by atoms with Gasteiger partial charge in [-0.05, 0) is 26.0 Å². The Labute approximate surface area is 123 Å². The molecule has 106 valence electrons. The van der Waals surface area contributed by atoms with Crippen LogP contribution in [0, 0.1) is 0 Å². The molecule has 0 atom stereocenters. The van der Waals surface area contributed by atoms with E-state index >= 15 is 0 Å². The maximum atomic E-state index is 12.2. The zero-order chi connectivity index (χ0) is 14.5. The Hall–Kier alpha value is -1.88. The number of carbonyl (C=O) groups excluding carboxylic acids is 1. The van der Waals surface area contributed by atoms with Crippen molar-refractivity contribution in [2.75, 3.05) is 20.2 Å². The van der Waals surface area contributed by atoms with Crippen LogP contribution in [0.15, 0.2) is 29.6 Å². The average molecular weight is 290 g/mol. The molecule has 0 fully saturated rings. The number of amides is 1. The second kappa shape index (κ2) is 6.52. The van der Waals surface area contributed by atoms with Crippen LogP contribution in [-0.4, -0.2) is 36.0 Å². The summed E-state index contributed by atoms with van der Waals surface area (Å²) in [5.41, 5.74) is 1.48. The summed E-state index contributed by atoms with van der Waals surface area (Å²) in [6, 6.07) is 7.69. The molecule has 1 aromatic heterocycles. The highest BCUT2D eigenvalue weighted by Gasteiger charge is 2.16. The first kappa shape index (κ1) is 14.5. The summed E-state index contributed by atoms with van der Waals surface area (Å²) < 4.78 is 5.21. The van der Waals surface area contributed by atoms with Gasteiger partial charge in [-0.2, -0.15) is 0 Å². The summed E-state index contributed by atoms with van der Waals surface area (Å²) >= 11 is 1.47. The normalized spacial score (nSPS) is 10.3. The minimum atomic E-state index is -0.0135. The lowest BCUT2D eigenvalue weighted by Gasteiger charge is -2.16. The highest BCUT2D eigenvalue weighted by atomic mass is 32.1. The van der Waals surface area contributed by atoms with Gasteiger partial charge in [-0.25, -0.2) is 4.98 Å². The quantitative estimate of drug-likeness (QED) is 0.848. The lowest BCUT2D eigenvalue weighted by molar-refractivity contribution is 0.0768. The molecule has 0 spiro atoms. The topological polar surface area (TPSA) is 42.4 Å². The second-order valence-electron chi connectivity index (χ2n) is 4.25. The van der Waals surface area contributed by atoms with E-state index in [0.717, 1.165) is 16.3 Å². The van der Waals surface area contributed by atoms with Crippen LogP contribution in [0.2, 0.25) is 0 Å². The molecule has 0 saturated carbocycles. The number of hydrogen-bond donors (Lipinski definition) is 0. The van der Waals surface area contributed by atoms with Crippen molar-refractivity contribution < 1.29 is 9.53 Å². The highest BCUT2D eigenvalue weighted by molar-refractivity contribution is 7.13. The minimum Gasteiger partial charge on any atom is -0.497 e. The number of nitrogens with zero attached hydrogens (tertiary/aromatic N) is 2. The first-order valence-electron chi connectivity index (χ1n) is 6.58. The largest absolute Gasteiger partial charge is 0.497 e. The van der Waals surface area contributed by atoms with Gasteiger partial charge in [0.15, 0.2) is 0 Å². The summed E-state index contributed by atoms with van der Waals surface area (Å²) in [6.07, 6.45) is 0. The molecule has 0 aliphatic rings. The average Bonchev–Trinajstić information content (AvgIpc) is 2.98. The maximum Gasteiger partial charge on any atom is 0.273 e. The van der Waals surface area contributed by atoms with E-state index in [2.05, 4.69) is 4.98 Å². The highest BCUT2D eigenvalue weighted by Crippen LogP contribution is 2.27. The fourth-order valence-corrected chi connectivity index (χ4v) is 2.72. The number of benzene rings is 1. The maximum absolute atomic E-state index is 12.2. The monoisotopic (exact) mass is 290 g/mol. The molecule has 20 heavy (non-hydrogen) atoms. The van der Waals surface area contributed by atoms with Gasteiger partial charge in [-0.1, -0.05) is 12.1 Å². The number of ether oxygens (including phenoxy) is 1. The molecule has 0 unspecified atom stereocenters. The van der Waals surface area contributed by atoms with E-state index in [1.54, 1.807) is 12.0 Å². The Morgan fingerprint density at radius 1 is 1.35 bits per heavy atom. The molecule has 4 nitrogen and oxygen atoms in total. The summed E-state index contributed by atoms with van der Waals surface area (Å²) in [5.74, 6) is 0.773. The van der Waals surface area contributed by atoms with Crippen LogP contribution in [0.3, 0.4) is 0 Å². The van der Waals surface area contributed by atoms with Crippen molar-refractivity contribution in [2.24, 2.45) is 0 Å². The van der Waals surface area contributed by atoms with Crippen LogP contribution in [-0.2, 0) is 0 Å². The van der Waals surface area contributed by atoms with Gasteiger partial charge < -0.3 is 9.64 Å². The lowest BCUT2D eigenvalue weighted by atomic mass is 10.2. The SMILES string of the molecule is CCN(CC)C(=O)c1csc(-c2cccc(OC)c2)n1. The van der Waals surface area contributed by atoms with Crippen molar-refractivity contribution in [1.29, 1.82) is 0 Å². The van der Waals surface area contributed by atoms with Crippen LogP contribution >= 0.6 is 11.3 Å². The smallest absolute Gasteiger partial charge is 0.273 e. The summed E-state index contributed by atoms with van der Waals surface area (Å²) in [6.45, 7) is 5.33. The van der Waals surface area contributed by atoms with E-state index < -0.39 is 0 Å². The summed E-state index contributed by atoms with van der Waals surface area (Å²) in [5, 5.41) is 2.65. The van der Waals surface area contributed by atoms with Gasteiger partial charge in [0.05, 0.1) is 7.11 Å². The van der Waals surface area contributed by atoms with E-state index in [4.69, 9.17) is 4.74 Å². The first-order chi connectivity index (χ1) is 9.69. The molecule has 0 N–H and O–H groups in total. The van der Waals surface area contributed by atoms with E-state index in [1.165, 1.54) is 11.3 Å². The van der Waals surface area contributed by atoms with Crippen LogP contribution in [0.5, 0.6) is 5.75 Å². The molecule has 2 aromatic rings. The van der Waals surface area contributed by atoms with Crippen molar-refractivity contribution in [3.63, 3.8) is 0 Å². The van der Waals surface area contributed by atoms with E-state index in [-0.39, 0.29) is 5.91 Å². The molecule has 0 aliphatic carbocycles. The molecule has 0 bridgehead atoms. The van der Waals surface area contributed by atoms with Gasteiger partial charge in [-0.3, -0.25) is 4.79 Å². The van der Waals surface area contributed by atoms with E-state index in [9.17, 15) is 4.79 Å². The Bertz CT molecular complexity index is 591. The molecular formula is C15H18N2O2S. The van der Waals surface area contributed by atoms with Crippen molar-refractivity contribution in [2.45, 2.75) is 13.8 Å². The Morgan fingerprint density at radius 2 is 2.10 bits per heavy atom. The second-order valence-corrected chi connectivity index (χ2v) is 5.11. The molecule has 1 aromatic carbocycles. The third kappa shape index (κ3) is 2.99. The number of methoxy groups -OCH3 is 1. The van der Waals surface area contributed by atoms with Crippen LogP contribution in [0.25, 0.3) is 10.6 Å². The molecule has 1 heterocycles. The van der Waals surface area contributed by atoms with E-state index in [0.29, 0.717) is 18.8 Å². The third-order valence-corrected chi connectivity index (χ3v) is 3.98. The van der Waals surface area contributed by atoms with Crippen LogP contribution < -0.4 is 4.74 Å². The Morgan fingerprint density at radius 3 is 2.75 bits per heavy atom. The molecule has 1 amide bonds. The predicted octanol–water partition coefficient (Wildman–Crippen LogP) is 3.30. The van der Waals surface area contributed by atoms with E-state index in [1.807, 2.05) is 43.5 Å². The van der Waals surface area contributed by atoms with Gasteiger partial charge in [0.1, 0.15) is 16.5 Å². The van der Waals surface area contributed by atoms with Crippen LogP contribution in [0.4, 0.5) is 0 Å². The summed E-state index contributed by atoms with van der Waals surface area (Å²) in [7, 11) is 1.64. The van der Waals surface area contributed by atoms with Gasteiger partial charge in [0, 0.05) is 24.0 Å². The number of rotatable bonds is 5. The minimum absolute atomic E-state index is 0.0135. The Kier molecular flexibility index (Phi) is 4.74. The predicted molar refractivity (Wildman–Crippen MR) is 81.4 cm³/mol. The van der Waals surface area contributed by atoms with Crippen molar-refractivity contribution in [3.8, 4) is 16.3 Å². The molecule has 5 heteroatoms. The third-order valence-electron chi connectivity index (χ3n) is 3.09. The number of thiazole rings is 1. The fourth-order valence-electron chi connectivity index (χ4n) is 1.93. The molecule has 0 aliphatic heterocycles. The van der Waals surface area contributed by atoms with Gasteiger partial charge in [-0.15, -0.1) is 11.3 Å². The molecule has 2 rings (SSSR count). The fraction of sp³-hybridized carbons (Fsp3) is 0.333. The standard InChI is InChI=1S/C15H18N2O2S/c1-4-17(5-2)15(18)13-10-20-14(16-13)11-7-6-8-12(9-11)19-3/h6-10H,4-5H2,1-3H3. The van der Waals surface area contributed by atoms with Gasteiger partial charge in [0.2, 0.25) is 0 Å². The van der Waals surface area contributed by atoms with Crippen molar-refractivity contribution >= 4 is 17.2 Å². The number of carbonyl (C=O) groups is 1. The molecular weight excluding hydrogens is 272 g/mol. The lowest BCUT2D eigenvalue weighted by Crippen LogP contribution is -2.30. The van der Waals surface area contributed by atoms with Crippen molar-refractivity contribution in [1.82, 2.24) is 9.88 Å². The zero-order valence-electron chi connectivity index (χ0n) is 11.9. The van der Waals surface area contributed by atoms with Gasteiger partial charge in [0.25, 0.3) is 5.91 Å². The van der Waals surface area contributed by atoms with Crippen LogP contribution in [0.1, 0.15) is 24.3 Å². The van der Waals surface area contributed by atoms with Crippen molar-refractivity contribution in [3.05, 3.63) is 35.3 Å². The Balaban J connectivity index is 2.26. The molecule has 0 radical (unpaired) electrons. The van der Waals surface area contributed by atoms with Gasteiger partial charge >= 0.3 is 0 Å². The number of hydrogen-bond acceptors (Lipinski definition) is 4.